The number of hydrogen-bond donors (Lipinski definition) is 1. The summed E-state index contributed by atoms with van der Waals surface area (Å²) >= 11 is 0. The van der Waals surface area contributed by atoms with Crippen LogP contribution in [0.3, 0.4) is 0 Å². The van der Waals surface area contributed by atoms with Gasteiger partial charge in [-0.15, -0.1) is 0 Å². The van der Waals surface area contributed by atoms with E-state index in [1.165, 1.54) is 19.2 Å². The average Bonchev–Trinajstić information content (AvgIpc) is 2.43. The van der Waals surface area contributed by atoms with Crippen LogP contribution in [0.2, 0.25) is 0 Å². The van der Waals surface area contributed by atoms with Crippen molar-refractivity contribution in [2.75, 3.05) is 19.5 Å². The van der Waals surface area contributed by atoms with Crippen molar-refractivity contribution < 1.29 is 32.2 Å². The number of carbonyl (C=O) groups excluding carboxylic acids is 2. The maximum atomic E-state index is 12.9. The summed E-state index contributed by atoms with van der Waals surface area (Å²) < 4.78 is 48.4. The van der Waals surface area contributed by atoms with Gasteiger partial charge in [0.25, 0.3) is 5.78 Å². The Balaban J connectivity index is 3.52. The summed E-state index contributed by atoms with van der Waals surface area (Å²) in [6.07, 6.45) is -5.12. The number of ether oxygens (including phenoxy) is 2. The van der Waals surface area contributed by atoms with Gasteiger partial charge in [-0.3, -0.25) is 9.59 Å². The predicted molar refractivity (Wildman–Crippen MR) is 78.0 cm³/mol. The lowest BCUT2D eigenvalue weighted by Gasteiger charge is -2.21. The second-order valence-corrected chi connectivity index (χ2v) is 5.75. The van der Waals surface area contributed by atoms with E-state index >= 15 is 0 Å². The molecule has 0 heterocycles. The van der Waals surface area contributed by atoms with Gasteiger partial charge in [0.15, 0.2) is 11.5 Å². The molecule has 0 aliphatic rings. The van der Waals surface area contributed by atoms with Gasteiger partial charge in [-0.2, -0.15) is 13.2 Å². The van der Waals surface area contributed by atoms with Gasteiger partial charge in [-0.1, -0.05) is 20.8 Å². The van der Waals surface area contributed by atoms with Gasteiger partial charge in [-0.25, -0.2) is 0 Å². The number of nitrogens with one attached hydrogen (secondary N) is 1. The monoisotopic (exact) mass is 333 g/mol. The van der Waals surface area contributed by atoms with Crippen LogP contribution in [-0.4, -0.2) is 32.1 Å². The zero-order chi connectivity index (χ0) is 18.0. The summed E-state index contributed by atoms with van der Waals surface area (Å²) in [5.74, 6) is -3.10. The van der Waals surface area contributed by atoms with E-state index in [0.717, 1.165) is 7.11 Å². The number of alkyl halides is 3. The van der Waals surface area contributed by atoms with Crippen molar-refractivity contribution in [1.29, 1.82) is 0 Å². The smallest absolute Gasteiger partial charge is 0.455 e. The lowest BCUT2D eigenvalue weighted by atomic mass is 9.95. The highest BCUT2D eigenvalue weighted by Gasteiger charge is 2.43. The highest BCUT2D eigenvalue weighted by atomic mass is 19.4. The summed E-state index contributed by atoms with van der Waals surface area (Å²) in [4.78, 5) is 23.8. The molecule has 1 aromatic rings. The fourth-order valence-corrected chi connectivity index (χ4v) is 1.71. The van der Waals surface area contributed by atoms with Crippen molar-refractivity contribution in [2.24, 2.45) is 5.41 Å². The molecule has 0 spiro atoms. The Bertz CT molecular complexity index is 618. The standard InChI is InChI=1S/C15H18F3NO4/c1-14(2,3)13(21)19-8-6-7-9(22-4)11(23-5)10(8)12(20)15(16,17)18/h6-7H,1-5H3,(H,19,21). The topological polar surface area (TPSA) is 64.6 Å². The van der Waals surface area contributed by atoms with E-state index in [0.29, 0.717) is 0 Å². The first-order valence-electron chi connectivity index (χ1n) is 6.61. The zero-order valence-electron chi connectivity index (χ0n) is 13.4. The molecule has 0 aromatic heterocycles. The van der Waals surface area contributed by atoms with E-state index in [9.17, 15) is 22.8 Å². The first-order chi connectivity index (χ1) is 10.4. The predicted octanol–water partition coefficient (Wildman–Crippen LogP) is 3.43. The van der Waals surface area contributed by atoms with Gasteiger partial charge in [0, 0.05) is 5.41 Å². The van der Waals surface area contributed by atoms with Crippen molar-refractivity contribution in [3.63, 3.8) is 0 Å². The molecule has 1 aromatic carbocycles. The van der Waals surface area contributed by atoms with Crippen LogP contribution in [0, 0.1) is 5.41 Å². The summed E-state index contributed by atoms with van der Waals surface area (Å²) in [7, 11) is 2.34. The molecule has 0 aliphatic carbocycles. The first-order valence-corrected chi connectivity index (χ1v) is 6.61. The van der Waals surface area contributed by atoms with Crippen LogP contribution in [-0.2, 0) is 4.79 Å². The molecule has 0 fully saturated rings. The quantitative estimate of drug-likeness (QED) is 0.858. The lowest BCUT2D eigenvalue weighted by molar-refractivity contribution is -0.123. The van der Waals surface area contributed by atoms with Crippen molar-refractivity contribution in [1.82, 2.24) is 0 Å². The molecule has 0 radical (unpaired) electrons. The number of benzene rings is 1. The fraction of sp³-hybridized carbons (Fsp3) is 0.467. The second-order valence-electron chi connectivity index (χ2n) is 5.75. The SMILES string of the molecule is COc1ccc(NC(=O)C(C)(C)C)c(C(=O)C(F)(F)F)c1OC. The van der Waals surface area contributed by atoms with Gasteiger partial charge in [0.1, 0.15) is 0 Å². The van der Waals surface area contributed by atoms with Crippen LogP contribution in [0.4, 0.5) is 18.9 Å². The maximum Gasteiger partial charge on any atom is 0.455 e. The van der Waals surface area contributed by atoms with Crippen molar-refractivity contribution in [2.45, 2.75) is 26.9 Å². The number of halogens is 3. The highest BCUT2D eigenvalue weighted by Crippen LogP contribution is 2.40. The average molecular weight is 333 g/mol. The number of rotatable bonds is 4. The van der Waals surface area contributed by atoms with E-state index in [1.807, 2.05) is 0 Å². The van der Waals surface area contributed by atoms with E-state index in [-0.39, 0.29) is 17.2 Å². The second kappa shape index (κ2) is 6.47. The Hall–Kier alpha value is -2.25. The van der Waals surface area contributed by atoms with Gasteiger partial charge in [0.2, 0.25) is 5.91 Å². The van der Waals surface area contributed by atoms with Crippen molar-refractivity contribution >= 4 is 17.4 Å². The molecular weight excluding hydrogens is 315 g/mol. The minimum Gasteiger partial charge on any atom is -0.493 e. The summed E-state index contributed by atoms with van der Waals surface area (Å²) in [6, 6.07) is 2.48. The van der Waals surface area contributed by atoms with E-state index < -0.39 is 28.8 Å². The molecule has 0 aliphatic heterocycles. The third-order valence-electron chi connectivity index (χ3n) is 2.96. The van der Waals surface area contributed by atoms with Gasteiger partial charge in [0.05, 0.1) is 25.5 Å². The van der Waals surface area contributed by atoms with Crippen LogP contribution >= 0.6 is 0 Å². The summed E-state index contributed by atoms with van der Waals surface area (Å²) in [6.45, 7) is 4.77. The summed E-state index contributed by atoms with van der Waals surface area (Å²) in [5.41, 5.74) is -1.94. The molecule has 0 unspecified atom stereocenters. The molecule has 8 heteroatoms. The molecule has 1 N–H and O–H groups in total. The number of anilines is 1. The number of amides is 1. The Morgan fingerprint density at radius 2 is 1.61 bits per heavy atom. The fourth-order valence-electron chi connectivity index (χ4n) is 1.71. The Morgan fingerprint density at radius 3 is 2.00 bits per heavy atom. The lowest BCUT2D eigenvalue weighted by Crippen LogP contribution is -2.30. The molecule has 0 saturated carbocycles. The maximum absolute atomic E-state index is 12.9. The molecular formula is C15H18F3NO4. The largest absolute Gasteiger partial charge is 0.493 e. The van der Waals surface area contributed by atoms with Gasteiger partial charge < -0.3 is 14.8 Å². The molecule has 1 amide bonds. The molecule has 5 nitrogen and oxygen atoms in total. The van der Waals surface area contributed by atoms with Gasteiger partial charge in [-0.05, 0) is 12.1 Å². The third kappa shape index (κ3) is 4.14. The summed E-state index contributed by atoms with van der Waals surface area (Å²) in [5, 5.41) is 2.33. The van der Waals surface area contributed by atoms with E-state index in [2.05, 4.69) is 5.32 Å². The minimum absolute atomic E-state index is 0.0474. The number of methoxy groups -OCH3 is 2. The number of ketones is 1. The minimum atomic E-state index is -5.12. The number of hydrogen-bond acceptors (Lipinski definition) is 4. The van der Waals surface area contributed by atoms with Crippen LogP contribution in [0.25, 0.3) is 0 Å². The van der Waals surface area contributed by atoms with E-state index in [1.54, 1.807) is 20.8 Å². The van der Waals surface area contributed by atoms with Crippen LogP contribution in [0.15, 0.2) is 12.1 Å². The molecule has 0 saturated heterocycles. The number of carbonyl (C=O) groups is 2. The van der Waals surface area contributed by atoms with Crippen LogP contribution in [0.1, 0.15) is 31.1 Å². The van der Waals surface area contributed by atoms with Crippen molar-refractivity contribution in [3.05, 3.63) is 17.7 Å². The Labute approximate surface area is 131 Å². The van der Waals surface area contributed by atoms with Crippen LogP contribution in [0.5, 0.6) is 11.5 Å². The normalized spacial score (nSPS) is 11.8. The molecule has 23 heavy (non-hydrogen) atoms. The van der Waals surface area contributed by atoms with Crippen LogP contribution < -0.4 is 14.8 Å². The molecule has 1 rings (SSSR count). The van der Waals surface area contributed by atoms with Gasteiger partial charge >= 0.3 is 6.18 Å². The molecule has 0 atom stereocenters. The first kappa shape index (κ1) is 18.8. The Kier molecular flexibility index (Phi) is 5.29. The highest BCUT2D eigenvalue weighted by molar-refractivity contribution is 6.10. The number of Topliss-reactive ketones (excluding diaryl/α,β-unsaturated/α-hetero) is 1. The van der Waals surface area contributed by atoms with Crippen molar-refractivity contribution in [3.8, 4) is 11.5 Å². The molecule has 0 bridgehead atoms. The molecule has 128 valence electrons. The zero-order valence-corrected chi connectivity index (χ0v) is 13.4. The Morgan fingerprint density at radius 1 is 1.04 bits per heavy atom. The van der Waals surface area contributed by atoms with E-state index in [4.69, 9.17) is 9.47 Å². The third-order valence-corrected chi connectivity index (χ3v) is 2.96.